The van der Waals surface area contributed by atoms with E-state index in [0.29, 0.717) is 19.8 Å². The zero-order valence-corrected chi connectivity index (χ0v) is 14.7. The van der Waals surface area contributed by atoms with Crippen LogP contribution in [0.25, 0.3) is 0 Å². The Morgan fingerprint density at radius 3 is 2.76 bits per heavy atom. The first-order valence-electron chi connectivity index (χ1n) is 8.23. The van der Waals surface area contributed by atoms with E-state index in [1.807, 2.05) is 0 Å². The molecule has 138 valence electrons. The number of hydroxylamine groups is 2. The maximum Gasteiger partial charge on any atom is 0.155 e. The van der Waals surface area contributed by atoms with Crippen LogP contribution in [-0.2, 0) is 9.57 Å². The number of rotatable bonds is 8. The summed E-state index contributed by atoms with van der Waals surface area (Å²) in [6.07, 6.45) is 5.55. The molecule has 0 aromatic heterocycles. The second-order valence-electron chi connectivity index (χ2n) is 5.52. The molecule has 2 aliphatic rings. The molecular formula is C16H27N7O2. The van der Waals surface area contributed by atoms with Gasteiger partial charge in [-0.3, -0.25) is 19.7 Å². The number of nitrogens with two attached hydrogens (primary N) is 2. The average Bonchev–Trinajstić information content (AvgIpc) is 3.04. The molecule has 0 radical (unpaired) electrons. The summed E-state index contributed by atoms with van der Waals surface area (Å²) in [5, 5.41) is 1.74. The minimum Gasteiger partial charge on any atom is -0.390 e. The monoisotopic (exact) mass is 349 g/mol. The molecule has 2 rings (SSSR count). The minimum absolute atomic E-state index is 0.0662. The van der Waals surface area contributed by atoms with E-state index in [1.54, 1.807) is 24.6 Å². The Morgan fingerprint density at radius 2 is 2.16 bits per heavy atom. The summed E-state index contributed by atoms with van der Waals surface area (Å²) in [6, 6.07) is -0.0662. The molecule has 1 fully saturated rings. The van der Waals surface area contributed by atoms with Crippen LogP contribution < -0.4 is 11.5 Å². The van der Waals surface area contributed by atoms with Gasteiger partial charge in [0.2, 0.25) is 0 Å². The summed E-state index contributed by atoms with van der Waals surface area (Å²) in [5.74, 6) is 0.720. The second kappa shape index (κ2) is 10.0. The Morgan fingerprint density at radius 1 is 1.40 bits per heavy atom. The molecule has 9 nitrogen and oxygen atoms in total. The van der Waals surface area contributed by atoms with E-state index in [-0.39, 0.29) is 12.7 Å². The van der Waals surface area contributed by atoms with Gasteiger partial charge >= 0.3 is 0 Å². The van der Waals surface area contributed by atoms with Crippen molar-refractivity contribution in [3.63, 3.8) is 0 Å². The smallest absolute Gasteiger partial charge is 0.155 e. The number of hydrogen-bond acceptors (Lipinski definition) is 8. The van der Waals surface area contributed by atoms with Gasteiger partial charge in [-0.05, 0) is 18.7 Å². The maximum absolute atomic E-state index is 5.55. The third-order valence-corrected chi connectivity index (χ3v) is 4.17. The third-order valence-electron chi connectivity index (χ3n) is 4.17. The highest BCUT2D eigenvalue weighted by Gasteiger charge is 2.34. The number of ether oxygens (including phenoxy) is 1. The van der Waals surface area contributed by atoms with Crippen LogP contribution in [-0.4, -0.2) is 81.9 Å². The van der Waals surface area contributed by atoms with Gasteiger partial charge in [0.05, 0.1) is 45.9 Å². The fraction of sp³-hybridized carbons (Fsp3) is 0.562. The molecule has 4 N–H and O–H groups in total. The molecule has 2 aliphatic heterocycles. The molecule has 25 heavy (non-hydrogen) atoms. The highest BCUT2D eigenvalue weighted by atomic mass is 16.7. The lowest BCUT2D eigenvalue weighted by molar-refractivity contribution is -0.0920. The molecule has 1 atom stereocenters. The average molecular weight is 349 g/mol. The van der Waals surface area contributed by atoms with Gasteiger partial charge in [0.15, 0.2) is 5.82 Å². The lowest BCUT2D eigenvalue weighted by Gasteiger charge is -2.35. The summed E-state index contributed by atoms with van der Waals surface area (Å²) in [5.41, 5.74) is 13.1. The summed E-state index contributed by atoms with van der Waals surface area (Å²) in [6.45, 7) is 7.45. The van der Waals surface area contributed by atoms with Crippen LogP contribution in [0.4, 0.5) is 0 Å². The van der Waals surface area contributed by atoms with Crippen LogP contribution in [0.5, 0.6) is 0 Å². The highest BCUT2D eigenvalue weighted by Crippen LogP contribution is 2.32. The standard InChI is InChI=1S/C16H27N7O2/c1-19-9-13(10-20-11-17)15(22-5-7-25-8-6-22)14-3-4-23(24-2)16(14)21-12-18/h9-10,12,15H,1,3-8,11,17H2,2H3,(H2,18,21)/b13-9+,20-10?. The van der Waals surface area contributed by atoms with Gasteiger partial charge in [0.25, 0.3) is 0 Å². The van der Waals surface area contributed by atoms with E-state index >= 15 is 0 Å². The van der Waals surface area contributed by atoms with Crippen molar-refractivity contribution in [2.24, 2.45) is 26.4 Å². The van der Waals surface area contributed by atoms with Gasteiger partial charge in [0.1, 0.15) is 0 Å². The molecule has 0 amide bonds. The van der Waals surface area contributed by atoms with Crippen molar-refractivity contribution in [2.75, 3.05) is 46.6 Å². The molecular weight excluding hydrogens is 322 g/mol. The van der Waals surface area contributed by atoms with E-state index in [1.165, 1.54) is 6.34 Å². The van der Waals surface area contributed by atoms with E-state index < -0.39 is 0 Å². The van der Waals surface area contributed by atoms with Gasteiger partial charge in [-0.2, -0.15) is 0 Å². The summed E-state index contributed by atoms with van der Waals surface area (Å²) in [7, 11) is 1.62. The molecule has 0 aliphatic carbocycles. The Bertz CT molecular complexity index is 565. The molecule has 0 bridgehead atoms. The molecule has 9 heteroatoms. The van der Waals surface area contributed by atoms with Crippen molar-refractivity contribution in [1.82, 2.24) is 9.96 Å². The van der Waals surface area contributed by atoms with Crippen molar-refractivity contribution in [1.29, 1.82) is 0 Å². The van der Waals surface area contributed by atoms with E-state index in [9.17, 15) is 0 Å². The normalized spacial score (nSPS) is 21.7. The van der Waals surface area contributed by atoms with Crippen molar-refractivity contribution in [2.45, 2.75) is 12.5 Å². The number of hydrogen-bond donors (Lipinski definition) is 2. The first-order chi connectivity index (χ1) is 12.3. The van der Waals surface area contributed by atoms with Gasteiger partial charge in [-0.15, -0.1) is 0 Å². The first kappa shape index (κ1) is 19.3. The van der Waals surface area contributed by atoms with Gasteiger partial charge in [-0.1, -0.05) is 0 Å². The molecule has 0 aromatic carbocycles. The van der Waals surface area contributed by atoms with Gasteiger partial charge < -0.3 is 16.2 Å². The van der Waals surface area contributed by atoms with Crippen molar-refractivity contribution >= 4 is 19.3 Å². The predicted octanol–water partition coefficient (Wildman–Crippen LogP) is -0.276. The van der Waals surface area contributed by atoms with E-state index in [4.69, 9.17) is 21.0 Å². The lowest BCUT2D eigenvalue weighted by atomic mass is 9.96. The number of morpholine rings is 1. The molecule has 0 saturated carbocycles. The molecule has 1 unspecified atom stereocenters. The minimum atomic E-state index is -0.0662. The fourth-order valence-electron chi connectivity index (χ4n) is 3.16. The molecule has 1 saturated heterocycles. The first-order valence-corrected chi connectivity index (χ1v) is 8.23. The quantitative estimate of drug-likeness (QED) is 0.460. The number of aliphatic imine (C=N–C) groups is 3. The highest BCUT2D eigenvalue weighted by molar-refractivity contribution is 5.81. The lowest BCUT2D eigenvalue weighted by Crippen LogP contribution is -2.45. The van der Waals surface area contributed by atoms with E-state index in [2.05, 4.69) is 26.6 Å². The summed E-state index contributed by atoms with van der Waals surface area (Å²) in [4.78, 5) is 20.2. The zero-order chi connectivity index (χ0) is 18.1. The van der Waals surface area contributed by atoms with Crippen molar-refractivity contribution in [3.05, 3.63) is 23.2 Å². The zero-order valence-electron chi connectivity index (χ0n) is 14.7. The molecule has 0 aromatic rings. The third kappa shape index (κ3) is 4.73. The van der Waals surface area contributed by atoms with Crippen LogP contribution in [0.3, 0.4) is 0 Å². The topological polar surface area (TPSA) is 114 Å². The van der Waals surface area contributed by atoms with Crippen LogP contribution in [0.2, 0.25) is 0 Å². The Kier molecular flexibility index (Phi) is 7.74. The Balaban J connectivity index is 2.49. The molecule has 2 heterocycles. The summed E-state index contributed by atoms with van der Waals surface area (Å²) >= 11 is 0. The van der Waals surface area contributed by atoms with Crippen molar-refractivity contribution < 1.29 is 9.57 Å². The summed E-state index contributed by atoms with van der Waals surface area (Å²) < 4.78 is 5.50. The number of nitrogens with zero attached hydrogens (tertiary/aromatic N) is 5. The van der Waals surface area contributed by atoms with Crippen LogP contribution in [0, 0.1) is 0 Å². The Hall–Kier alpha value is -2.07. The molecule has 0 spiro atoms. The largest absolute Gasteiger partial charge is 0.390 e. The second-order valence-corrected chi connectivity index (χ2v) is 5.52. The van der Waals surface area contributed by atoms with E-state index in [0.717, 1.165) is 36.5 Å². The van der Waals surface area contributed by atoms with Crippen LogP contribution in [0.15, 0.2) is 38.1 Å². The SMILES string of the molecule is C=N/C=C(\C=NCN)C(C1=C(N=CN)N(OC)CC1)N1CCOCC1. The van der Waals surface area contributed by atoms with Crippen LogP contribution >= 0.6 is 0 Å². The maximum atomic E-state index is 5.55. The van der Waals surface area contributed by atoms with Gasteiger partial charge in [0, 0.05) is 31.1 Å². The Labute approximate surface area is 148 Å². The van der Waals surface area contributed by atoms with Gasteiger partial charge in [-0.25, -0.2) is 10.1 Å². The van der Waals surface area contributed by atoms with Crippen LogP contribution in [0.1, 0.15) is 6.42 Å². The fourth-order valence-corrected chi connectivity index (χ4v) is 3.16. The van der Waals surface area contributed by atoms with Crippen molar-refractivity contribution in [3.8, 4) is 0 Å². The predicted molar refractivity (Wildman–Crippen MR) is 99.4 cm³/mol.